The van der Waals surface area contributed by atoms with E-state index in [4.69, 9.17) is 4.98 Å². The van der Waals surface area contributed by atoms with Gasteiger partial charge >= 0.3 is 0 Å². The zero-order chi connectivity index (χ0) is 22.2. The Morgan fingerprint density at radius 1 is 0.559 bits per heavy atom. The van der Waals surface area contributed by atoms with E-state index >= 15 is 0 Å². The fourth-order valence-corrected chi connectivity index (χ4v) is 6.80. The molecule has 0 amide bonds. The van der Waals surface area contributed by atoms with Crippen molar-refractivity contribution in [3.63, 3.8) is 0 Å². The van der Waals surface area contributed by atoms with Gasteiger partial charge < -0.3 is 0 Å². The van der Waals surface area contributed by atoms with Gasteiger partial charge in [-0.3, -0.25) is 4.57 Å². The van der Waals surface area contributed by atoms with Gasteiger partial charge in [0.15, 0.2) is 0 Å². The third kappa shape index (κ3) is 2.32. The van der Waals surface area contributed by atoms with Gasteiger partial charge in [0.2, 0.25) is 0 Å². The first-order valence-electron chi connectivity index (χ1n) is 11.5. The molecule has 2 nitrogen and oxygen atoms in total. The van der Waals surface area contributed by atoms with Gasteiger partial charge in [-0.1, -0.05) is 78.9 Å². The molecule has 0 aliphatic carbocycles. The second-order valence-corrected chi connectivity index (χ2v) is 9.84. The number of nitrogens with zero attached hydrogens (tertiary/aromatic N) is 2. The van der Waals surface area contributed by atoms with Crippen LogP contribution < -0.4 is 0 Å². The van der Waals surface area contributed by atoms with E-state index in [9.17, 15) is 0 Å². The first-order chi connectivity index (χ1) is 16.9. The molecule has 0 unspecified atom stereocenters. The molecule has 0 bridgehead atoms. The van der Waals surface area contributed by atoms with Crippen LogP contribution in [0, 0.1) is 0 Å². The fraction of sp³-hybridized carbons (Fsp3) is 0. The molecule has 0 radical (unpaired) electrons. The van der Waals surface area contributed by atoms with E-state index in [0.717, 1.165) is 16.7 Å². The van der Waals surface area contributed by atoms with Gasteiger partial charge in [0.1, 0.15) is 5.82 Å². The van der Waals surface area contributed by atoms with Crippen LogP contribution in [0.1, 0.15) is 0 Å². The highest BCUT2D eigenvalue weighted by Gasteiger charge is 2.21. The maximum absolute atomic E-state index is 5.13. The molecule has 0 fully saturated rings. The molecule has 3 aromatic heterocycles. The molecule has 0 atom stereocenters. The van der Waals surface area contributed by atoms with Gasteiger partial charge in [-0.15, -0.1) is 11.3 Å². The van der Waals surface area contributed by atoms with E-state index in [1.165, 1.54) is 52.8 Å². The fourth-order valence-electron chi connectivity index (χ4n) is 5.54. The molecular formula is C31H18N2S. The summed E-state index contributed by atoms with van der Waals surface area (Å²) in [4.78, 5) is 5.13. The zero-order valence-electron chi connectivity index (χ0n) is 18.2. The molecule has 8 rings (SSSR count). The Labute approximate surface area is 199 Å². The molecule has 0 aliphatic rings. The molecule has 3 heterocycles. The Morgan fingerprint density at radius 3 is 2.12 bits per heavy atom. The second-order valence-electron chi connectivity index (χ2n) is 8.79. The largest absolute Gasteiger partial charge is 0.292 e. The standard InChI is InChI=1S/C31H18N2S/c1-6-14-24-19(9-1)17-18-27(32-24)33-25-15-7-4-12-22(25)28-20-10-2-3-11-21(20)29-23-13-5-8-16-26(23)34-31(29)30(28)33/h1-18H. The van der Waals surface area contributed by atoms with E-state index in [0.29, 0.717) is 0 Å². The summed E-state index contributed by atoms with van der Waals surface area (Å²) in [5.74, 6) is 0.957. The lowest BCUT2D eigenvalue weighted by Gasteiger charge is -2.10. The lowest BCUT2D eigenvalue weighted by Crippen LogP contribution is -1.97. The summed E-state index contributed by atoms with van der Waals surface area (Å²) < 4.78 is 5.01. The van der Waals surface area contributed by atoms with Gasteiger partial charge in [-0.25, -0.2) is 4.98 Å². The van der Waals surface area contributed by atoms with Crippen molar-refractivity contribution in [1.82, 2.24) is 9.55 Å². The van der Waals surface area contributed by atoms with Crippen molar-refractivity contribution < 1.29 is 0 Å². The van der Waals surface area contributed by atoms with Crippen molar-refractivity contribution in [2.24, 2.45) is 0 Å². The van der Waals surface area contributed by atoms with E-state index in [1.807, 2.05) is 11.3 Å². The lowest BCUT2D eigenvalue weighted by molar-refractivity contribution is 1.11. The van der Waals surface area contributed by atoms with Crippen LogP contribution >= 0.6 is 11.3 Å². The summed E-state index contributed by atoms with van der Waals surface area (Å²) in [6, 6.07) is 39.1. The number of aromatic nitrogens is 2. The van der Waals surface area contributed by atoms with Crippen LogP contribution in [0.25, 0.3) is 69.5 Å². The number of hydrogen-bond donors (Lipinski definition) is 0. The molecule has 8 aromatic rings. The Hall–Kier alpha value is -4.21. The summed E-state index contributed by atoms with van der Waals surface area (Å²) in [5, 5.41) is 9.01. The number of pyridine rings is 1. The first kappa shape index (κ1) is 18.2. The van der Waals surface area contributed by atoms with Crippen LogP contribution in [-0.4, -0.2) is 9.55 Å². The molecule has 3 heteroatoms. The quantitative estimate of drug-likeness (QED) is 0.244. The Bertz CT molecular complexity index is 2080. The Balaban J connectivity index is 1.69. The van der Waals surface area contributed by atoms with E-state index in [2.05, 4.69) is 114 Å². The highest BCUT2D eigenvalue weighted by Crippen LogP contribution is 2.47. The van der Waals surface area contributed by atoms with Crippen LogP contribution in [0.4, 0.5) is 0 Å². The predicted molar refractivity (Wildman–Crippen MR) is 146 cm³/mol. The minimum absolute atomic E-state index is 0.957. The molecule has 0 N–H and O–H groups in total. The topological polar surface area (TPSA) is 17.8 Å². The smallest absolute Gasteiger partial charge is 0.138 e. The van der Waals surface area contributed by atoms with Crippen molar-refractivity contribution in [2.75, 3.05) is 0 Å². The lowest BCUT2D eigenvalue weighted by atomic mass is 9.99. The third-order valence-electron chi connectivity index (χ3n) is 6.96. The summed E-state index contributed by atoms with van der Waals surface area (Å²) in [6.45, 7) is 0. The second kappa shape index (κ2) is 6.66. The molecule has 0 saturated heterocycles. The van der Waals surface area contributed by atoms with Crippen LogP contribution in [0.15, 0.2) is 109 Å². The number of rotatable bonds is 1. The van der Waals surface area contributed by atoms with Gasteiger partial charge in [0.05, 0.1) is 21.3 Å². The molecule has 0 aliphatic heterocycles. The van der Waals surface area contributed by atoms with Crippen LogP contribution in [-0.2, 0) is 0 Å². The average molecular weight is 451 g/mol. The number of para-hydroxylation sites is 2. The van der Waals surface area contributed by atoms with Crippen LogP contribution in [0.5, 0.6) is 0 Å². The average Bonchev–Trinajstić information content (AvgIpc) is 3.45. The van der Waals surface area contributed by atoms with E-state index < -0.39 is 0 Å². The minimum atomic E-state index is 0.957. The molecule has 0 spiro atoms. The molecule has 34 heavy (non-hydrogen) atoms. The highest BCUT2D eigenvalue weighted by atomic mass is 32.1. The minimum Gasteiger partial charge on any atom is -0.292 e. The summed E-state index contributed by atoms with van der Waals surface area (Å²) in [5.41, 5.74) is 3.45. The SMILES string of the molecule is c1ccc2nc(-n3c4ccccc4c4c5ccccc5c5c6ccccc6sc5c43)ccc2c1. The van der Waals surface area contributed by atoms with Gasteiger partial charge in [-0.2, -0.15) is 0 Å². The third-order valence-corrected chi connectivity index (χ3v) is 8.14. The highest BCUT2D eigenvalue weighted by molar-refractivity contribution is 7.27. The van der Waals surface area contributed by atoms with Crippen molar-refractivity contribution in [1.29, 1.82) is 0 Å². The van der Waals surface area contributed by atoms with E-state index in [-0.39, 0.29) is 0 Å². The van der Waals surface area contributed by atoms with Gasteiger partial charge in [-0.05, 0) is 41.1 Å². The maximum atomic E-state index is 5.13. The van der Waals surface area contributed by atoms with Gasteiger partial charge in [0.25, 0.3) is 0 Å². The Kier molecular flexibility index (Phi) is 3.57. The number of thiophene rings is 1. The molecule has 0 saturated carbocycles. The van der Waals surface area contributed by atoms with Crippen LogP contribution in [0.3, 0.4) is 0 Å². The summed E-state index contributed by atoms with van der Waals surface area (Å²) in [6.07, 6.45) is 0. The normalized spacial score (nSPS) is 12.1. The zero-order valence-corrected chi connectivity index (χ0v) is 19.0. The molecule has 5 aromatic carbocycles. The monoisotopic (exact) mass is 450 g/mol. The van der Waals surface area contributed by atoms with E-state index in [1.54, 1.807) is 0 Å². The van der Waals surface area contributed by atoms with Crippen LogP contribution in [0.2, 0.25) is 0 Å². The van der Waals surface area contributed by atoms with Gasteiger partial charge in [0, 0.05) is 31.6 Å². The summed E-state index contributed by atoms with van der Waals surface area (Å²) >= 11 is 1.89. The van der Waals surface area contributed by atoms with Crippen molar-refractivity contribution in [3.8, 4) is 5.82 Å². The maximum Gasteiger partial charge on any atom is 0.138 e. The number of fused-ring (bicyclic) bond motifs is 11. The van der Waals surface area contributed by atoms with Crippen molar-refractivity contribution in [3.05, 3.63) is 109 Å². The molecular weight excluding hydrogens is 432 g/mol. The number of hydrogen-bond acceptors (Lipinski definition) is 2. The Morgan fingerprint density at radius 2 is 1.24 bits per heavy atom. The molecule has 158 valence electrons. The number of benzene rings is 5. The van der Waals surface area contributed by atoms with Crippen molar-refractivity contribution in [2.45, 2.75) is 0 Å². The first-order valence-corrected chi connectivity index (χ1v) is 12.3. The predicted octanol–water partition coefficient (Wildman–Crippen LogP) is 8.85. The van der Waals surface area contributed by atoms with Crippen molar-refractivity contribution >= 4 is 75.0 Å². The summed E-state index contributed by atoms with van der Waals surface area (Å²) in [7, 11) is 0.